The van der Waals surface area contributed by atoms with Crippen LogP contribution in [0.25, 0.3) is 0 Å². The fraction of sp³-hybridized carbons (Fsp3) is 0.870. The van der Waals surface area contributed by atoms with E-state index < -0.39 is 11.7 Å². The summed E-state index contributed by atoms with van der Waals surface area (Å²) in [6.45, 7) is 6.55. The normalized spacial score (nSPS) is 33.3. The summed E-state index contributed by atoms with van der Waals surface area (Å²) in [7, 11) is 0. The van der Waals surface area contributed by atoms with Crippen LogP contribution in [0.5, 0.6) is 0 Å². The van der Waals surface area contributed by atoms with Crippen LogP contribution in [0.4, 0.5) is 4.79 Å². The molecule has 0 atom stereocenters. The molecule has 7 nitrogen and oxygen atoms in total. The zero-order valence-electron chi connectivity index (χ0n) is 18.6. The van der Waals surface area contributed by atoms with Crippen LogP contribution in [-0.4, -0.2) is 53.2 Å². The summed E-state index contributed by atoms with van der Waals surface area (Å²) in [4.78, 5) is 38.8. The van der Waals surface area contributed by atoms with Gasteiger partial charge in [-0.1, -0.05) is 0 Å². The number of likely N-dealkylation sites (tertiary alicyclic amines) is 1. The highest BCUT2D eigenvalue weighted by Gasteiger charge is 2.53. The lowest BCUT2D eigenvalue weighted by molar-refractivity contribution is -0.187. The van der Waals surface area contributed by atoms with E-state index in [0.717, 1.165) is 19.3 Å². The standard InChI is InChI=1S/C23H36N2O5/c1-22(2,3)30-21(28)24-18-4-6-25(7-5-18)19(26)11-20(27)29-23-12-15-8-16(13-23)10-17(9-15)14-23/h15-18H,4-14H2,1-3H3,(H,24,28). The number of amides is 2. The molecule has 4 bridgehead atoms. The average Bonchev–Trinajstić information content (AvgIpc) is 2.58. The molecule has 5 rings (SSSR count). The Bertz CT molecular complexity index is 655. The zero-order chi connectivity index (χ0) is 21.5. The van der Waals surface area contributed by atoms with Gasteiger partial charge in [-0.25, -0.2) is 4.79 Å². The van der Waals surface area contributed by atoms with Gasteiger partial charge in [0, 0.05) is 19.1 Å². The third kappa shape index (κ3) is 5.09. The van der Waals surface area contributed by atoms with Gasteiger partial charge < -0.3 is 19.7 Å². The first-order valence-electron chi connectivity index (χ1n) is 11.6. The van der Waals surface area contributed by atoms with Gasteiger partial charge in [0.2, 0.25) is 5.91 Å². The maximum atomic E-state index is 12.6. The van der Waals surface area contributed by atoms with E-state index in [4.69, 9.17) is 9.47 Å². The van der Waals surface area contributed by atoms with Gasteiger partial charge >= 0.3 is 12.1 Å². The molecule has 0 aromatic heterocycles. The maximum absolute atomic E-state index is 12.6. The van der Waals surface area contributed by atoms with Crippen molar-refractivity contribution in [1.82, 2.24) is 10.2 Å². The number of rotatable bonds is 4. The minimum absolute atomic E-state index is 0.0112. The van der Waals surface area contributed by atoms with Crippen molar-refractivity contribution in [2.75, 3.05) is 13.1 Å². The number of nitrogens with zero attached hydrogens (tertiary/aromatic N) is 1. The Morgan fingerprint density at radius 1 is 0.967 bits per heavy atom. The molecule has 0 radical (unpaired) electrons. The predicted molar refractivity (Wildman–Crippen MR) is 111 cm³/mol. The molecule has 4 saturated carbocycles. The fourth-order valence-electron chi connectivity index (χ4n) is 6.42. The van der Waals surface area contributed by atoms with Crippen LogP contribution < -0.4 is 5.32 Å². The molecule has 7 heteroatoms. The van der Waals surface area contributed by atoms with Crippen molar-refractivity contribution in [1.29, 1.82) is 0 Å². The molecule has 5 aliphatic rings. The van der Waals surface area contributed by atoms with Gasteiger partial charge in [0.15, 0.2) is 0 Å². The highest BCUT2D eigenvalue weighted by molar-refractivity contribution is 5.94. The third-order valence-corrected chi connectivity index (χ3v) is 7.18. The number of carbonyl (C=O) groups excluding carboxylic acids is 3. The Kier molecular flexibility index (Phi) is 5.75. The van der Waals surface area contributed by atoms with Crippen molar-refractivity contribution >= 4 is 18.0 Å². The number of piperidine rings is 1. The summed E-state index contributed by atoms with van der Waals surface area (Å²) in [6, 6.07) is -0.0112. The monoisotopic (exact) mass is 420 g/mol. The Morgan fingerprint density at radius 3 is 2.00 bits per heavy atom. The van der Waals surface area contributed by atoms with E-state index >= 15 is 0 Å². The van der Waals surface area contributed by atoms with E-state index in [1.54, 1.807) is 4.90 Å². The molecule has 2 amide bonds. The fourth-order valence-corrected chi connectivity index (χ4v) is 6.42. The number of ether oxygens (including phenoxy) is 2. The van der Waals surface area contributed by atoms with Crippen LogP contribution >= 0.6 is 0 Å². The minimum Gasteiger partial charge on any atom is -0.459 e. The second-order valence-corrected chi connectivity index (χ2v) is 11.1. The molecular weight excluding hydrogens is 384 g/mol. The first-order valence-corrected chi connectivity index (χ1v) is 11.6. The van der Waals surface area contributed by atoms with Crippen molar-refractivity contribution < 1.29 is 23.9 Å². The highest BCUT2D eigenvalue weighted by Crippen LogP contribution is 2.57. The smallest absolute Gasteiger partial charge is 0.407 e. The topological polar surface area (TPSA) is 84.9 Å². The number of alkyl carbamates (subject to hydrolysis) is 1. The van der Waals surface area contributed by atoms with Gasteiger partial charge in [-0.3, -0.25) is 9.59 Å². The van der Waals surface area contributed by atoms with Crippen molar-refractivity contribution in [3.05, 3.63) is 0 Å². The van der Waals surface area contributed by atoms with Crippen molar-refractivity contribution in [3.63, 3.8) is 0 Å². The second kappa shape index (κ2) is 8.04. The van der Waals surface area contributed by atoms with Crippen molar-refractivity contribution in [2.45, 2.75) is 95.8 Å². The molecular formula is C23H36N2O5. The lowest BCUT2D eigenvalue weighted by Gasteiger charge is -2.55. The number of nitrogens with one attached hydrogen (secondary N) is 1. The first-order chi connectivity index (χ1) is 14.1. The second-order valence-electron chi connectivity index (χ2n) is 11.1. The van der Waals surface area contributed by atoms with E-state index in [1.165, 1.54) is 19.3 Å². The van der Waals surface area contributed by atoms with Crippen LogP contribution in [0, 0.1) is 17.8 Å². The van der Waals surface area contributed by atoms with E-state index in [1.807, 2.05) is 20.8 Å². The van der Waals surface area contributed by atoms with Gasteiger partial charge in [0.05, 0.1) is 0 Å². The highest BCUT2D eigenvalue weighted by atomic mass is 16.6. The summed E-state index contributed by atoms with van der Waals surface area (Å²) < 4.78 is 11.3. The van der Waals surface area contributed by atoms with E-state index in [9.17, 15) is 14.4 Å². The number of hydrogen-bond acceptors (Lipinski definition) is 5. The maximum Gasteiger partial charge on any atom is 0.407 e. The molecule has 168 valence electrons. The number of esters is 1. The number of hydrogen-bond donors (Lipinski definition) is 1. The molecule has 0 spiro atoms. The van der Waals surface area contributed by atoms with Crippen LogP contribution in [0.2, 0.25) is 0 Å². The Labute approximate surface area is 179 Å². The van der Waals surface area contributed by atoms with E-state index in [0.29, 0.717) is 43.7 Å². The van der Waals surface area contributed by atoms with Crippen LogP contribution in [0.1, 0.15) is 78.6 Å². The average molecular weight is 421 g/mol. The van der Waals surface area contributed by atoms with Crippen LogP contribution in [0.3, 0.4) is 0 Å². The molecule has 1 N–H and O–H groups in total. The summed E-state index contributed by atoms with van der Waals surface area (Å²) in [5.41, 5.74) is -0.825. The van der Waals surface area contributed by atoms with Crippen molar-refractivity contribution in [2.24, 2.45) is 17.8 Å². The Morgan fingerprint density at radius 2 is 1.50 bits per heavy atom. The van der Waals surface area contributed by atoms with Gasteiger partial charge in [-0.15, -0.1) is 0 Å². The molecule has 1 heterocycles. The summed E-state index contributed by atoms with van der Waals surface area (Å²) >= 11 is 0. The van der Waals surface area contributed by atoms with Crippen LogP contribution in [-0.2, 0) is 19.1 Å². The Hall–Kier alpha value is -1.79. The summed E-state index contributed by atoms with van der Waals surface area (Å²) in [6.07, 6.45) is 7.57. The van der Waals surface area contributed by atoms with Gasteiger partial charge in [0.1, 0.15) is 17.6 Å². The van der Waals surface area contributed by atoms with Gasteiger partial charge in [-0.2, -0.15) is 0 Å². The lowest BCUT2D eigenvalue weighted by Crippen LogP contribution is -2.53. The number of carbonyl (C=O) groups is 3. The summed E-state index contributed by atoms with van der Waals surface area (Å²) in [5, 5.41) is 2.87. The first kappa shape index (κ1) is 21.4. The Balaban J connectivity index is 1.21. The van der Waals surface area contributed by atoms with Crippen molar-refractivity contribution in [3.8, 4) is 0 Å². The van der Waals surface area contributed by atoms with Gasteiger partial charge in [-0.05, 0) is 89.9 Å². The van der Waals surface area contributed by atoms with E-state index in [2.05, 4.69) is 5.32 Å². The largest absolute Gasteiger partial charge is 0.459 e. The molecule has 5 fully saturated rings. The lowest BCUT2D eigenvalue weighted by atomic mass is 9.54. The predicted octanol–water partition coefficient (Wildman–Crippen LogP) is 3.40. The third-order valence-electron chi connectivity index (χ3n) is 7.18. The zero-order valence-corrected chi connectivity index (χ0v) is 18.6. The van der Waals surface area contributed by atoms with Crippen LogP contribution in [0.15, 0.2) is 0 Å². The minimum atomic E-state index is -0.530. The molecule has 1 saturated heterocycles. The SMILES string of the molecule is CC(C)(C)OC(=O)NC1CCN(C(=O)CC(=O)OC23CC4CC(CC(C4)C2)C3)CC1. The van der Waals surface area contributed by atoms with Gasteiger partial charge in [0.25, 0.3) is 0 Å². The quantitative estimate of drug-likeness (QED) is 0.557. The molecule has 0 unspecified atom stereocenters. The molecule has 1 aliphatic heterocycles. The molecule has 0 aromatic carbocycles. The molecule has 4 aliphatic carbocycles. The molecule has 0 aromatic rings. The summed E-state index contributed by atoms with van der Waals surface area (Å²) in [5.74, 6) is 1.58. The van der Waals surface area contributed by atoms with E-state index in [-0.39, 0.29) is 29.9 Å². The molecule has 30 heavy (non-hydrogen) atoms.